The minimum atomic E-state index is -4.54. The highest BCUT2D eigenvalue weighted by molar-refractivity contribution is 7.15. The molecule has 0 aliphatic heterocycles. The first-order valence-electron chi connectivity index (χ1n) is 6.19. The van der Waals surface area contributed by atoms with Crippen LogP contribution in [0.3, 0.4) is 0 Å². The summed E-state index contributed by atoms with van der Waals surface area (Å²) in [7, 11) is 0. The fourth-order valence-electron chi connectivity index (χ4n) is 2.04. The van der Waals surface area contributed by atoms with E-state index in [1.165, 1.54) is 23.5 Å². The molecule has 0 aliphatic carbocycles. The number of halogens is 3. The van der Waals surface area contributed by atoms with Gasteiger partial charge in [-0.25, -0.2) is 4.98 Å². The number of nitrogen functional groups attached to an aromatic ring is 1. The van der Waals surface area contributed by atoms with Crippen molar-refractivity contribution in [2.75, 3.05) is 5.73 Å². The highest BCUT2D eigenvalue weighted by Crippen LogP contribution is 2.33. The average Bonchev–Trinajstić information content (AvgIpc) is 2.77. The van der Waals surface area contributed by atoms with Gasteiger partial charge in [0, 0.05) is 11.3 Å². The topological polar surface area (TPSA) is 62.7 Å². The third-order valence-electron chi connectivity index (χ3n) is 3.00. The van der Waals surface area contributed by atoms with Crippen molar-refractivity contribution in [2.24, 2.45) is 0 Å². The lowest BCUT2D eigenvalue weighted by Crippen LogP contribution is -2.08. The zero-order valence-corrected chi connectivity index (χ0v) is 12.0. The van der Waals surface area contributed by atoms with Crippen LogP contribution in [0.5, 0.6) is 0 Å². The Hall–Kier alpha value is -2.07. The molecule has 0 bridgehead atoms. The zero-order chi connectivity index (χ0) is 15.6. The van der Waals surface area contributed by atoms with E-state index in [4.69, 9.17) is 11.0 Å². The maximum absolute atomic E-state index is 12.9. The maximum Gasteiger partial charge on any atom is 0.417 e. The normalized spacial score (nSPS) is 11.4. The first-order chi connectivity index (χ1) is 9.85. The summed E-state index contributed by atoms with van der Waals surface area (Å²) in [5.74, 6) is 0. The van der Waals surface area contributed by atoms with Gasteiger partial charge in [-0.3, -0.25) is 0 Å². The highest BCUT2D eigenvalue weighted by atomic mass is 32.1. The summed E-state index contributed by atoms with van der Waals surface area (Å²) in [6.45, 7) is 1.91. The third kappa shape index (κ3) is 3.34. The van der Waals surface area contributed by atoms with E-state index in [2.05, 4.69) is 4.98 Å². The minimum absolute atomic E-state index is 0.326. The number of aromatic nitrogens is 1. The van der Waals surface area contributed by atoms with Gasteiger partial charge in [-0.2, -0.15) is 18.4 Å². The molecule has 0 saturated heterocycles. The number of hydrogen-bond donors (Lipinski definition) is 1. The fraction of sp³-hybridized carbons (Fsp3) is 0.286. The minimum Gasteiger partial charge on any atom is -0.375 e. The summed E-state index contributed by atoms with van der Waals surface area (Å²) in [6, 6.07) is 5.33. The average molecular weight is 311 g/mol. The predicted octanol–water partition coefficient (Wildman–Crippen LogP) is 3.77. The lowest BCUT2D eigenvalue weighted by molar-refractivity contribution is -0.137. The van der Waals surface area contributed by atoms with E-state index in [1.807, 2.05) is 6.92 Å². The van der Waals surface area contributed by atoms with E-state index in [0.29, 0.717) is 23.5 Å². The molecule has 1 aromatic carbocycles. The Labute approximate surface area is 123 Å². The van der Waals surface area contributed by atoms with Crippen molar-refractivity contribution in [2.45, 2.75) is 25.9 Å². The Morgan fingerprint density at radius 1 is 1.38 bits per heavy atom. The summed E-state index contributed by atoms with van der Waals surface area (Å²) in [6.07, 6.45) is -3.54. The van der Waals surface area contributed by atoms with Gasteiger partial charge in [0.15, 0.2) is 5.13 Å². The fourth-order valence-corrected chi connectivity index (χ4v) is 2.99. The smallest absolute Gasteiger partial charge is 0.375 e. The van der Waals surface area contributed by atoms with Gasteiger partial charge in [0.25, 0.3) is 0 Å². The maximum atomic E-state index is 12.9. The second-order valence-electron chi connectivity index (χ2n) is 4.44. The molecule has 3 nitrogen and oxygen atoms in total. The van der Waals surface area contributed by atoms with Gasteiger partial charge < -0.3 is 5.73 Å². The van der Waals surface area contributed by atoms with Crippen molar-refractivity contribution in [3.63, 3.8) is 0 Å². The Morgan fingerprint density at radius 2 is 2.10 bits per heavy atom. The zero-order valence-electron chi connectivity index (χ0n) is 11.2. The van der Waals surface area contributed by atoms with E-state index in [9.17, 15) is 13.2 Å². The van der Waals surface area contributed by atoms with Crippen LogP contribution >= 0.6 is 11.3 Å². The van der Waals surface area contributed by atoms with Gasteiger partial charge in [0.1, 0.15) is 0 Å². The standard InChI is InChI=1S/C14H12F3N3S/c1-2-11-12(21-13(19)20-11)6-8-3-4-9(7-18)10(5-8)14(15,16)17/h3-5H,2,6H2,1H3,(H2,19,20). The number of rotatable bonds is 3. The number of alkyl halides is 3. The quantitative estimate of drug-likeness (QED) is 0.938. The van der Waals surface area contributed by atoms with Gasteiger partial charge in [0.2, 0.25) is 0 Å². The molecule has 0 unspecified atom stereocenters. The van der Waals surface area contributed by atoms with Crippen LogP contribution in [-0.4, -0.2) is 4.98 Å². The Morgan fingerprint density at radius 3 is 2.67 bits per heavy atom. The molecule has 0 fully saturated rings. The lowest BCUT2D eigenvalue weighted by atomic mass is 10.0. The highest BCUT2D eigenvalue weighted by Gasteiger charge is 2.33. The van der Waals surface area contributed by atoms with Gasteiger partial charge in [-0.15, -0.1) is 11.3 Å². The van der Waals surface area contributed by atoms with Crippen molar-refractivity contribution in [1.29, 1.82) is 5.26 Å². The molecule has 7 heteroatoms. The molecule has 2 N–H and O–H groups in total. The number of aryl methyl sites for hydroxylation is 1. The summed E-state index contributed by atoms with van der Waals surface area (Å²) < 4.78 is 38.8. The molecular weight excluding hydrogens is 299 g/mol. The van der Waals surface area contributed by atoms with Gasteiger partial charge >= 0.3 is 6.18 Å². The molecule has 0 aliphatic rings. The van der Waals surface area contributed by atoms with Crippen LogP contribution in [0.4, 0.5) is 18.3 Å². The molecule has 0 saturated carbocycles. The van der Waals surface area contributed by atoms with Crippen molar-refractivity contribution >= 4 is 16.5 Å². The van der Waals surface area contributed by atoms with Crippen LogP contribution in [0.15, 0.2) is 18.2 Å². The Kier molecular flexibility index (Phi) is 4.19. The summed E-state index contributed by atoms with van der Waals surface area (Å²) in [5, 5.41) is 9.18. The summed E-state index contributed by atoms with van der Waals surface area (Å²) in [4.78, 5) is 5.01. The van der Waals surface area contributed by atoms with Crippen molar-refractivity contribution < 1.29 is 13.2 Å². The molecule has 0 radical (unpaired) electrons. The van der Waals surface area contributed by atoms with Crippen LogP contribution in [0, 0.1) is 11.3 Å². The van der Waals surface area contributed by atoms with Crippen LogP contribution in [-0.2, 0) is 19.0 Å². The second kappa shape index (κ2) is 5.74. The Bertz CT molecular complexity index is 698. The van der Waals surface area contributed by atoms with Gasteiger partial charge in [0.05, 0.1) is 22.9 Å². The monoisotopic (exact) mass is 311 g/mol. The third-order valence-corrected chi connectivity index (χ3v) is 3.93. The number of benzene rings is 1. The number of anilines is 1. The van der Waals surface area contributed by atoms with E-state index in [1.54, 1.807) is 6.07 Å². The van der Waals surface area contributed by atoms with E-state index < -0.39 is 11.7 Å². The van der Waals surface area contributed by atoms with E-state index >= 15 is 0 Å². The molecule has 0 spiro atoms. The number of nitrogens with zero attached hydrogens (tertiary/aromatic N) is 2. The molecule has 110 valence electrons. The second-order valence-corrected chi connectivity index (χ2v) is 5.56. The molecule has 0 atom stereocenters. The summed E-state index contributed by atoms with van der Waals surface area (Å²) in [5.41, 5.74) is 5.65. The number of thiazole rings is 1. The number of hydrogen-bond acceptors (Lipinski definition) is 4. The predicted molar refractivity (Wildman–Crippen MR) is 74.9 cm³/mol. The number of nitrogens with two attached hydrogens (primary N) is 1. The van der Waals surface area contributed by atoms with Crippen LogP contribution in [0.25, 0.3) is 0 Å². The number of nitriles is 1. The molecule has 1 heterocycles. The van der Waals surface area contributed by atoms with Crippen molar-refractivity contribution in [1.82, 2.24) is 4.98 Å². The Balaban J connectivity index is 2.40. The molecule has 21 heavy (non-hydrogen) atoms. The van der Waals surface area contributed by atoms with E-state index in [-0.39, 0.29) is 5.56 Å². The summed E-state index contributed by atoms with van der Waals surface area (Å²) >= 11 is 1.28. The van der Waals surface area contributed by atoms with Crippen molar-refractivity contribution in [3.8, 4) is 6.07 Å². The molecule has 0 amide bonds. The largest absolute Gasteiger partial charge is 0.417 e. The van der Waals surface area contributed by atoms with Crippen LogP contribution in [0.2, 0.25) is 0 Å². The molecule has 1 aromatic heterocycles. The van der Waals surface area contributed by atoms with Crippen LogP contribution in [0.1, 0.15) is 34.2 Å². The van der Waals surface area contributed by atoms with Gasteiger partial charge in [-0.1, -0.05) is 13.0 Å². The van der Waals surface area contributed by atoms with Crippen molar-refractivity contribution in [3.05, 3.63) is 45.5 Å². The molecular formula is C14H12F3N3S. The SMILES string of the molecule is CCc1nc(N)sc1Cc1ccc(C#N)c(C(F)(F)F)c1. The molecule has 2 aromatic rings. The van der Waals surface area contributed by atoms with Gasteiger partial charge in [-0.05, 0) is 24.1 Å². The first kappa shape index (κ1) is 15.3. The van der Waals surface area contributed by atoms with E-state index in [0.717, 1.165) is 16.6 Å². The first-order valence-corrected chi connectivity index (χ1v) is 7.01. The van der Waals surface area contributed by atoms with Crippen LogP contribution < -0.4 is 5.73 Å². The molecule has 2 rings (SSSR count). The lowest BCUT2D eigenvalue weighted by Gasteiger charge is -2.10.